The van der Waals surface area contributed by atoms with E-state index in [2.05, 4.69) is 4.98 Å². The molecule has 2 aromatic rings. The summed E-state index contributed by atoms with van der Waals surface area (Å²) in [5.74, 6) is -3.87. The van der Waals surface area contributed by atoms with Crippen molar-refractivity contribution in [1.29, 1.82) is 0 Å². The van der Waals surface area contributed by atoms with Crippen molar-refractivity contribution in [2.75, 3.05) is 13.1 Å². The summed E-state index contributed by atoms with van der Waals surface area (Å²) in [6.45, 7) is -1.77. The lowest BCUT2D eigenvalue weighted by molar-refractivity contribution is -0.137. The van der Waals surface area contributed by atoms with Gasteiger partial charge in [0.1, 0.15) is 5.01 Å². The zero-order chi connectivity index (χ0) is 18.7. The number of carbonyl (C=O) groups excluding carboxylic acids is 1. The monoisotopic (exact) mass is 379 g/mol. The standard InChI is InChI=1S/C15H14F5N3OS/c16-14(17,7-21)8-22-12(24)5-11-6-25-13(23-11)9-2-1-3-10(4-9)15(18,19)20/h1-4,6H,5,7-8,21H2,(H,22,24). The van der Waals surface area contributed by atoms with Crippen LogP contribution in [-0.2, 0) is 17.4 Å². The summed E-state index contributed by atoms with van der Waals surface area (Å²) in [7, 11) is 0. The van der Waals surface area contributed by atoms with E-state index >= 15 is 0 Å². The molecule has 1 heterocycles. The quantitative estimate of drug-likeness (QED) is 0.758. The van der Waals surface area contributed by atoms with Gasteiger partial charge >= 0.3 is 6.18 Å². The molecule has 0 bridgehead atoms. The minimum absolute atomic E-state index is 0.254. The second-order valence-electron chi connectivity index (χ2n) is 5.24. The van der Waals surface area contributed by atoms with Crippen molar-refractivity contribution in [3.63, 3.8) is 0 Å². The number of hydrogen-bond acceptors (Lipinski definition) is 4. The number of nitrogens with two attached hydrogens (primary N) is 1. The summed E-state index contributed by atoms with van der Waals surface area (Å²) in [5.41, 5.74) is 4.61. The van der Waals surface area contributed by atoms with Gasteiger partial charge < -0.3 is 11.1 Å². The molecule has 3 N–H and O–H groups in total. The predicted molar refractivity (Wildman–Crippen MR) is 83.3 cm³/mol. The van der Waals surface area contributed by atoms with Gasteiger partial charge in [0, 0.05) is 10.9 Å². The number of alkyl halides is 5. The smallest absolute Gasteiger partial charge is 0.350 e. The van der Waals surface area contributed by atoms with Crippen LogP contribution in [0.1, 0.15) is 11.3 Å². The molecular formula is C15H14F5N3OS. The molecule has 25 heavy (non-hydrogen) atoms. The fourth-order valence-corrected chi connectivity index (χ4v) is 2.69. The Hall–Kier alpha value is -2.07. The van der Waals surface area contributed by atoms with Crippen LogP contribution < -0.4 is 11.1 Å². The zero-order valence-electron chi connectivity index (χ0n) is 12.7. The van der Waals surface area contributed by atoms with Gasteiger partial charge in [0.25, 0.3) is 5.92 Å². The van der Waals surface area contributed by atoms with Crippen LogP contribution in [0.25, 0.3) is 10.6 Å². The Morgan fingerprint density at radius 2 is 1.96 bits per heavy atom. The van der Waals surface area contributed by atoms with Crippen molar-refractivity contribution in [3.8, 4) is 10.6 Å². The average Bonchev–Trinajstić information content (AvgIpc) is 3.01. The average molecular weight is 379 g/mol. The highest BCUT2D eigenvalue weighted by Gasteiger charge is 2.30. The maximum atomic E-state index is 13.0. The Labute approximate surface area is 143 Å². The number of thiazole rings is 1. The van der Waals surface area contributed by atoms with Crippen LogP contribution in [0.5, 0.6) is 0 Å². The number of hydrogen-bond donors (Lipinski definition) is 2. The summed E-state index contributed by atoms with van der Waals surface area (Å²) in [4.78, 5) is 15.7. The SMILES string of the molecule is NCC(F)(F)CNC(=O)Cc1csc(-c2cccc(C(F)(F)F)c2)n1. The highest BCUT2D eigenvalue weighted by molar-refractivity contribution is 7.13. The number of benzene rings is 1. The Bertz CT molecular complexity index is 745. The van der Waals surface area contributed by atoms with E-state index in [1.54, 1.807) is 0 Å². The number of rotatable bonds is 6. The first-order valence-corrected chi connectivity index (χ1v) is 7.95. The number of amides is 1. The molecule has 0 aliphatic rings. The van der Waals surface area contributed by atoms with Gasteiger partial charge in [0.2, 0.25) is 5.91 Å². The fraction of sp³-hybridized carbons (Fsp3) is 0.333. The van der Waals surface area contributed by atoms with E-state index in [1.807, 2.05) is 5.32 Å². The Morgan fingerprint density at radius 3 is 2.60 bits per heavy atom. The fourth-order valence-electron chi connectivity index (χ4n) is 1.88. The van der Waals surface area contributed by atoms with Crippen molar-refractivity contribution in [2.45, 2.75) is 18.5 Å². The van der Waals surface area contributed by atoms with E-state index in [-0.39, 0.29) is 17.7 Å². The van der Waals surface area contributed by atoms with E-state index in [4.69, 9.17) is 5.73 Å². The lowest BCUT2D eigenvalue weighted by atomic mass is 10.1. The van der Waals surface area contributed by atoms with Crippen LogP contribution in [0.2, 0.25) is 0 Å². The molecule has 0 aliphatic carbocycles. The third-order valence-electron chi connectivity index (χ3n) is 3.17. The molecule has 0 saturated heterocycles. The summed E-state index contributed by atoms with van der Waals surface area (Å²) in [6, 6.07) is 4.65. The highest BCUT2D eigenvalue weighted by Crippen LogP contribution is 2.33. The van der Waals surface area contributed by atoms with Crippen molar-refractivity contribution in [1.82, 2.24) is 10.3 Å². The molecule has 0 spiro atoms. The van der Waals surface area contributed by atoms with Crippen molar-refractivity contribution < 1.29 is 26.7 Å². The molecule has 2 rings (SSSR count). The van der Waals surface area contributed by atoms with Gasteiger partial charge in [-0.3, -0.25) is 4.79 Å². The first-order chi connectivity index (χ1) is 11.6. The second kappa shape index (κ2) is 7.44. The molecule has 1 amide bonds. The Morgan fingerprint density at radius 1 is 1.24 bits per heavy atom. The molecule has 136 valence electrons. The van der Waals surface area contributed by atoms with Gasteiger partial charge in [-0.15, -0.1) is 11.3 Å². The van der Waals surface area contributed by atoms with Crippen LogP contribution in [0.4, 0.5) is 22.0 Å². The maximum absolute atomic E-state index is 13.0. The number of nitrogens with zero attached hydrogens (tertiary/aromatic N) is 1. The van der Waals surface area contributed by atoms with E-state index in [0.29, 0.717) is 5.01 Å². The van der Waals surface area contributed by atoms with Gasteiger partial charge in [-0.05, 0) is 12.1 Å². The number of nitrogens with one attached hydrogen (secondary N) is 1. The summed E-state index contributed by atoms with van der Waals surface area (Å²) >= 11 is 1.07. The summed E-state index contributed by atoms with van der Waals surface area (Å²) in [5, 5.41) is 3.85. The Kier molecular flexibility index (Phi) is 5.73. The molecule has 0 aliphatic heterocycles. The molecule has 0 saturated carbocycles. The van der Waals surface area contributed by atoms with E-state index in [9.17, 15) is 26.7 Å². The minimum atomic E-state index is -4.47. The normalized spacial score (nSPS) is 12.2. The van der Waals surface area contributed by atoms with Gasteiger partial charge in [0.05, 0.1) is 30.8 Å². The number of halogens is 5. The van der Waals surface area contributed by atoms with Gasteiger partial charge in [-0.1, -0.05) is 12.1 Å². The van der Waals surface area contributed by atoms with Crippen LogP contribution in [0.3, 0.4) is 0 Å². The van der Waals surface area contributed by atoms with Crippen LogP contribution in [0.15, 0.2) is 29.6 Å². The number of aromatic nitrogens is 1. The lowest BCUT2D eigenvalue weighted by Gasteiger charge is -2.14. The first-order valence-electron chi connectivity index (χ1n) is 7.07. The van der Waals surface area contributed by atoms with E-state index < -0.39 is 36.7 Å². The van der Waals surface area contributed by atoms with Crippen LogP contribution in [0, 0.1) is 0 Å². The van der Waals surface area contributed by atoms with Gasteiger partial charge in [-0.25, -0.2) is 13.8 Å². The van der Waals surface area contributed by atoms with E-state index in [0.717, 1.165) is 23.5 Å². The largest absolute Gasteiger partial charge is 0.416 e. The highest BCUT2D eigenvalue weighted by atomic mass is 32.1. The first kappa shape index (κ1) is 19.3. The molecule has 1 aromatic heterocycles. The second-order valence-corrected chi connectivity index (χ2v) is 6.09. The summed E-state index contributed by atoms with van der Waals surface area (Å²) < 4.78 is 64.1. The van der Waals surface area contributed by atoms with Gasteiger partial charge in [0.15, 0.2) is 0 Å². The molecule has 1 aromatic carbocycles. The van der Waals surface area contributed by atoms with Crippen molar-refractivity contribution in [2.24, 2.45) is 5.73 Å². The van der Waals surface area contributed by atoms with E-state index in [1.165, 1.54) is 17.5 Å². The van der Waals surface area contributed by atoms with Crippen molar-refractivity contribution in [3.05, 3.63) is 40.9 Å². The predicted octanol–water partition coefficient (Wildman–Crippen LogP) is 3.08. The molecule has 0 unspecified atom stereocenters. The Balaban J connectivity index is 2.04. The topological polar surface area (TPSA) is 68.0 Å². The van der Waals surface area contributed by atoms with Crippen LogP contribution >= 0.6 is 11.3 Å². The third kappa shape index (κ3) is 5.46. The molecule has 10 heteroatoms. The number of carbonyl (C=O) groups is 1. The molecule has 0 atom stereocenters. The summed E-state index contributed by atoms with van der Waals surface area (Å²) in [6.07, 6.45) is -4.72. The minimum Gasteiger partial charge on any atom is -0.350 e. The molecule has 0 fully saturated rings. The third-order valence-corrected chi connectivity index (χ3v) is 4.11. The maximum Gasteiger partial charge on any atom is 0.416 e. The molecule has 0 radical (unpaired) electrons. The van der Waals surface area contributed by atoms with Gasteiger partial charge in [-0.2, -0.15) is 13.2 Å². The van der Waals surface area contributed by atoms with Crippen LogP contribution in [-0.4, -0.2) is 29.9 Å². The van der Waals surface area contributed by atoms with Crippen molar-refractivity contribution >= 4 is 17.2 Å². The molecule has 4 nitrogen and oxygen atoms in total. The zero-order valence-corrected chi connectivity index (χ0v) is 13.6. The molecular weight excluding hydrogens is 365 g/mol. The lowest BCUT2D eigenvalue weighted by Crippen LogP contribution is -2.42.